The molecule has 0 bridgehead atoms. The average Bonchev–Trinajstić information content (AvgIpc) is 3.13. The van der Waals surface area contributed by atoms with Gasteiger partial charge in [0.25, 0.3) is 0 Å². The van der Waals surface area contributed by atoms with Crippen molar-refractivity contribution >= 4 is 11.0 Å². The molecule has 2 aliphatic heterocycles. The second kappa shape index (κ2) is 6.65. The van der Waals surface area contributed by atoms with Crippen molar-refractivity contribution in [2.75, 3.05) is 26.2 Å². The number of benzene rings is 2. The quantitative estimate of drug-likeness (QED) is 0.785. The monoisotopic (exact) mass is 349 g/mol. The number of para-hydroxylation sites is 4. The Morgan fingerprint density at radius 2 is 1.77 bits per heavy atom. The summed E-state index contributed by atoms with van der Waals surface area (Å²) < 4.78 is 11.9. The molecule has 1 fully saturated rings. The lowest BCUT2D eigenvalue weighted by Gasteiger charge is -2.35. The SMILES string of the molecule is c1ccc2c(c1)OC[C@H](CN1CCC(c3nc4ccccc4[nH]3)CC1)O2. The molecule has 1 atom stereocenters. The maximum atomic E-state index is 6.10. The van der Waals surface area contributed by atoms with Gasteiger partial charge in [-0.3, -0.25) is 4.90 Å². The van der Waals surface area contributed by atoms with Crippen LogP contribution in [0.2, 0.25) is 0 Å². The van der Waals surface area contributed by atoms with Crippen LogP contribution in [0.15, 0.2) is 48.5 Å². The molecule has 0 amide bonds. The fourth-order valence-corrected chi connectivity index (χ4v) is 4.00. The van der Waals surface area contributed by atoms with E-state index in [9.17, 15) is 0 Å². The van der Waals surface area contributed by atoms with E-state index in [1.807, 2.05) is 30.3 Å². The third kappa shape index (κ3) is 3.03. The first kappa shape index (κ1) is 15.7. The van der Waals surface area contributed by atoms with Crippen LogP contribution < -0.4 is 9.47 Å². The second-order valence-electron chi connectivity index (χ2n) is 7.21. The maximum absolute atomic E-state index is 6.10. The molecule has 0 spiro atoms. The molecule has 1 N–H and O–H groups in total. The number of fused-ring (bicyclic) bond motifs is 2. The van der Waals surface area contributed by atoms with Gasteiger partial charge in [0, 0.05) is 12.5 Å². The van der Waals surface area contributed by atoms with Gasteiger partial charge in [-0.15, -0.1) is 0 Å². The Balaban J connectivity index is 1.19. The summed E-state index contributed by atoms with van der Waals surface area (Å²) in [5.41, 5.74) is 2.20. The minimum absolute atomic E-state index is 0.104. The van der Waals surface area contributed by atoms with Crippen molar-refractivity contribution in [3.05, 3.63) is 54.4 Å². The highest BCUT2D eigenvalue weighted by Gasteiger charge is 2.27. The van der Waals surface area contributed by atoms with Crippen molar-refractivity contribution in [1.82, 2.24) is 14.9 Å². The van der Waals surface area contributed by atoms with Gasteiger partial charge in [0.1, 0.15) is 18.5 Å². The summed E-state index contributed by atoms with van der Waals surface area (Å²) in [4.78, 5) is 10.8. The van der Waals surface area contributed by atoms with Crippen LogP contribution in [-0.2, 0) is 0 Å². The van der Waals surface area contributed by atoms with Crippen LogP contribution in [0.5, 0.6) is 11.5 Å². The van der Waals surface area contributed by atoms with Gasteiger partial charge < -0.3 is 14.5 Å². The number of likely N-dealkylation sites (tertiary alicyclic amines) is 1. The third-order valence-corrected chi connectivity index (χ3v) is 5.41. The van der Waals surface area contributed by atoms with Crippen LogP contribution in [0, 0.1) is 0 Å². The van der Waals surface area contributed by atoms with Gasteiger partial charge in [0.2, 0.25) is 0 Å². The number of rotatable bonds is 3. The molecule has 134 valence electrons. The molecule has 3 aromatic rings. The highest BCUT2D eigenvalue weighted by atomic mass is 16.6. The van der Waals surface area contributed by atoms with Crippen molar-refractivity contribution in [3.63, 3.8) is 0 Å². The van der Waals surface area contributed by atoms with Gasteiger partial charge >= 0.3 is 0 Å². The Morgan fingerprint density at radius 3 is 2.62 bits per heavy atom. The highest BCUT2D eigenvalue weighted by molar-refractivity contribution is 5.74. The lowest BCUT2D eigenvalue weighted by atomic mass is 9.96. The van der Waals surface area contributed by atoms with E-state index in [1.54, 1.807) is 0 Å². The number of imidazole rings is 1. The minimum atomic E-state index is 0.104. The van der Waals surface area contributed by atoms with Gasteiger partial charge in [-0.2, -0.15) is 0 Å². The molecule has 3 heterocycles. The first-order chi connectivity index (χ1) is 12.8. The van der Waals surface area contributed by atoms with Crippen LogP contribution in [0.4, 0.5) is 0 Å². The molecular weight excluding hydrogens is 326 g/mol. The number of aromatic nitrogens is 2. The first-order valence-electron chi connectivity index (χ1n) is 9.40. The topological polar surface area (TPSA) is 50.4 Å². The van der Waals surface area contributed by atoms with Gasteiger partial charge in [0.05, 0.1) is 11.0 Å². The van der Waals surface area contributed by atoms with Crippen LogP contribution in [-0.4, -0.2) is 47.2 Å². The van der Waals surface area contributed by atoms with Crippen LogP contribution >= 0.6 is 0 Å². The summed E-state index contributed by atoms with van der Waals surface area (Å²) in [6.45, 7) is 3.69. The molecule has 0 unspecified atom stereocenters. The summed E-state index contributed by atoms with van der Waals surface area (Å²) in [6.07, 6.45) is 2.36. The lowest BCUT2D eigenvalue weighted by Crippen LogP contribution is -2.44. The summed E-state index contributed by atoms with van der Waals surface area (Å²) in [6, 6.07) is 16.2. The normalized spacial score (nSPS) is 21.2. The van der Waals surface area contributed by atoms with E-state index in [4.69, 9.17) is 14.5 Å². The molecule has 2 aliphatic rings. The number of H-pyrrole nitrogens is 1. The van der Waals surface area contributed by atoms with E-state index >= 15 is 0 Å². The van der Waals surface area contributed by atoms with Crippen molar-refractivity contribution in [2.24, 2.45) is 0 Å². The van der Waals surface area contributed by atoms with E-state index in [0.29, 0.717) is 12.5 Å². The van der Waals surface area contributed by atoms with E-state index < -0.39 is 0 Å². The van der Waals surface area contributed by atoms with Gasteiger partial charge in [-0.05, 0) is 50.2 Å². The van der Waals surface area contributed by atoms with Crippen molar-refractivity contribution < 1.29 is 9.47 Å². The second-order valence-corrected chi connectivity index (χ2v) is 7.21. The van der Waals surface area contributed by atoms with Crippen molar-refractivity contribution in [2.45, 2.75) is 24.9 Å². The lowest BCUT2D eigenvalue weighted by molar-refractivity contribution is 0.0511. The molecule has 0 radical (unpaired) electrons. The Hall–Kier alpha value is -2.53. The number of hydrogen-bond donors (Lipinski definition) is 1. The number of ether oxygens (including phenoxy) is 2. The largest absolute Gasteiger partial charge is 0.486 e. The maximum Gasteiger partial charge on any atom is 0.161 e. The summed E-state index contributed by atoms with van der Waals surface area (Å²) in [5, 5.41) is 0. The summed E-state index contributed by atoms with van der Waals surface area (Å²) in [5.74, 6) is 3.37. The molecule has 5 nitrogen and oxygen atoms in total. The fourth-order valence-electron chi connectivity index (χ4n) is 4.00. The zero-order valence-electron chi connectivity index (χ0n) is 14.7. The predicted octanol–water partition coefficient (Wildman–Crippen LogP) is 3.58. The third-order valence-electron chi connectivity index (χ3n) is 5.41. The molecular formula is C21H23N3O2. The zero-order valence-corrected chi connectivity index (χ0v) is 14.7. The standard InChI is InChI=1S/C21H23N3O2/c1-2-6-18-17(5-1)22-21(23-18)15-9-11-24(12-10-15)13-16-14-25-19-7-3-4-8-20(19)26-16/h1-8,15-16H,9-14H2,(H,22,23)/t16-/m0/s1. The van der Waals surface area contributed by atoms with Gasteiger partial charge in [0.15, 0.2) is 11.5 Å². The molecule has 5 rings (SSSR count). The zero-order chi connectivity index (χ0) is 17.3. The number of nitrogens with zero attached hydrogens (tertiary/aromatic N) is 2. The Kier molecular flexibility index (Phi) is 4.02. The number of hydrogen-bond acceptors (Lipinski definition) is 4. The number of nitrogens with one attached hydrogen (secondary N) is 1. The molecule has 0 saturated carbocycles. The van der Waals surface area contributed by atoms with Gasteiger partial charge in [-0.1, -0.05) is 24.3 Å². The average molecular weight is 349 g/mol. The van der Waals surface area contributed by atoms with Crippen molar-refractivity contribution in [3.8, 4) is 11.5 Å². The van der Waals surface area contributed by atoms with Crippen LogP contribution in [0.1, 0.15) is 24.6 Å². The molecule has 2 aromatic carbocycles. The number of aromatic amines is 1. The fraction of sp³-hybridized carbons (Fsp3) is 0.381. The van der Waals surface area contributed by atoms with Gasteiger partial charge in [-0.25, -0.2) is 4.98 Å². The van der Waals surface area contributed by atoms with E-state index in [1.165, 1.54) is 0 Å². The Morgan fingerprint density at radius 1 is 1.00 bits per heavy atom. The van der Waals surface area contributed by atoms with E-state index in [-0.39, 0.29) is 6.10 Å². The Bertz CT molecular complexity index is 866. The Labute approximate surface area is 152 Å². The van der Waals surface area contributed by atoms with Crippen LogP contribution in [0.25, 0.3) is 11.0 Å². The summed E-state index contributed by atoms with van der Waals surface area (Å²) in [7, 11) is 0. The molecule has 1 saturated heterocycles. The van der Waals surface area contributed by atoms with Crippen LogP contribution in [0.3, 0.4) is 0 Å². The van der Waals surface area contributed by atoms with E-state index in [2.05, 4.69) is 28.1 Å². The smallest absolute Gasteiger partial charge is 0.161 e. The van der Waals surface area contributed by atoms with E-state index in [0.717, 1.165) is 60.8 Å². The molecule has 1 aromatic heterocycles. The molecule has 5 heteroatoms. The predicted molar refractivity (Wildman–Crippen MR) is 101 cm³/mol. The highest BCUT2D eigenvalue weighted by Crippen LogP contribution is 2.32. The first-order valence-corrected chi connectivity index (χ1v) is 9.40. The van der Waals surface area contributed by atoms with Crippen molar-refractivity contribution in [1.29, 1.82) is 0 Å². The number of piperidine rings is 1. The molecule has 26 heavy (non-hydrogen) atoms. The summed E-state index contributed by atoms with van der Waals surface area (Å²) >= 11 is 0. The minimum Gasteiger partial charge on any atom is -0.486 e. The molecule has 0 aliphatic carbocycles.